The van der Waals surface area contributed by atoms with Crippen LogP contribution in [0.3, 0.4) is 0 Å². The maximum Gasteiger partial charge on any atom is 0.407 e. The minimum Gasteiger partial charge on any atom is -0.465 e. The van der Waals surface area contributed by atoms with Gasteiger partial charge in [0.2, 0.25) is 0 Å². The molecule has 3 rings (SSSR count). The van der Waals surface area contributed by atoms with Crippen LogP contribution < -0.4 is 15.8 Å². The largest absolute Gasteiger partial charge is 0.465 e. The fourth-order valence-electron chi connectivity index (χ4n) is 5.50. The summed E-state index contributed by atoms with van der Waals surface area (Å²) in [5.41, 5.74) is 3.89. The summed E-state index contributed by atoms with van der Waals surface area (Å²) in [6.45, 7) is 11.6. The smallest absolute Gasteiger partial charge is 0.407 e. The van der Waals surface area contributed by atoms with Crippen LogP contribution in [0.2, 0.25) is 0 Å². The molecule has 1 aliphatic rings. The summed E-state index contributed by atoms with van der Waals surface area (Å²) in [4.78, 5) is 44.1. The second-order valence-corrected chi connectivity index (χ2v) is 11.8. The van der Waals surface area contributed by atoms with E-state index in [0.29, 0.717) is 11.1 Å². The third kappa shape index (κ3) is 6.20. The average Bonchev–Trinajstić information content (AvgIpc) is 2.81. The fourth-order valence-corrected chi connectivity index (χ4v) is 5.84. The van der Waals surface area contributed by atoms with Gasteiger partial charge in [-0.2, -0.15) is 0 Å². The molecule has 8 nitrogen and oxygen atoms in total. The number of aryl methyl sites for hydroxylation is 1. The topological polar surface area (TPSA) is 106 Å². The van der Waals surface area contributed by atoms with Gasteiger partial charge in [0.05, 0.1) is 0 Å². The van der Waals surface area contributed by atoms with Gasteiger partial charge in [-0.3, -0.25) is 9.59 Å². The average molecular weight is 576 g/mol. The van der Waals surface area contributed by atoms with Crippen molar-refractivity contribution in [1.82, 2.24) is 15.2 Å². The molecule has 0 aliphatic heterocycles. The molecule has 2 amide bonds. The molecule has 0 atom stereocenters. The Morgan fingerprint density at radius 2 is 1.68 bits per heavy atom. The lowest BCUT2D eigenvalue weighted by molar-refractivity contribution is 0.0547. The van der Waals surface area contributed by atoms with Gasteiger partial charge in [0.25, 0.3) is 11.5 Å². The molecule has 2 aromatic rings. The summed E-state index contributed by atoms with van der Waals surface area (Å²) in [5, 5.41) is 12.7. The number of benzene rings is 1. The monoisotopic (exact) mass is 574 g/mol. The molecular formula is C28H39BrN4O4. The molecule has 1 fully saturated rings. The first kappa shape index (κ1) is 28.8. The van der Waals surface area contributed by atoms with Crippen LogP contribution in [0.25, 0.3) is 0 Å². The van der Waals surface area contributed by atoms with Crippen molar-refractivity contribution in [1.29, 1.82) is 0 Å². The number of carbonyl (C=O) groups excluding carboxylic acids is 1. The molecular weight excluding hydrogens is 536 g/mol. The Hall–Kier alpha value is -2.81. The number of anilines is 1. The molecule has 37 heavy (non-hydrogen) atoms. The number of nitrogens with one attached hydrogen (secondary N) is 2. The second kappa shape index (κ2) is 11.3. The molecule has 0 unspecified atom stereocenters. The minimum atomic E-state index is -0.867. The molecule has 0 saturated heterocycles. The number of rotatable bonds is 6. The number of H-pyrrole nitrogens is 1. The summed E-state index contributed by atoms with van der Waals surface area (Å²) < 4.78 is 0.833. The number of hydrogen-bond acceptors (Lipinski definition) is 4. The third-order valence-electron chi connectivity index (χ3n) is 7.55. The molecule has 1 saturated carbocycles. The molecule has 0 bridgehead atoms. The van der Waals surface area contributed by atoms with Gasteiger partial charge in [-0.05, 0) is 106 Å². The Labute approximate surface area is 227 Å². The number of pyridine rings is 1. The molecule has 1 heterocycles. The van der Waals surface area contributed by atoms with Gasteiger partial charge in [0, 0.05) is 58.2 Å². The zero-order valence-corrected chi connectivity index (χ0v) is 24.5. The van der Waals surface area contributed by atoms with E-state index in [2.05, 4.69) is 31.1 Å². The van der Waals surface area contributed by atoms with E-state index in [-0.39, 0.29) is 30.1 Å². The molecule has 3 N–H and O–H groups in total. The zero-order valence-electron chi connectivity index (χ0n) is 22.9. The highest BCUT2D eigenvalue weighted by Crippen LogP contribution is 2.33. The van der Waals surface area contributed by atoms with Gasteiger partial charge in [-0.1, -0.05) is 6.07 Å². The second-order valence-electron chi connectivity index (χ2n) is 11.0. The molecule has 0 radical (unpaired) electrons. The summed E-state index contributed by atoms with van der Waals surface area (Å²) in [5.74, 6) is -0.228. The summed E-state index contributed by atoms with van der Waals surface area (Å²) >= 11 is 3.50. The van der Waals surface area contributed by atoms with Crippen LogP contribution in [0.15, 0.2) is 27.5 Å². The van der Waals surface area contributed by atoms with E-state index < -0.39 is 11.6 Å². The number of amides is 2. The molecule has 0 spiro atoms. The van der Waals surface area contributed by atoms with Crippen molar-refractivity contribution < 1.29 is 14.7 Å². The SMILES string of the molecule is Cc1[nH]c(=O)c(CNC(=O)c2cccc(N(C)[C@H]3CC[C@H](N(C(=O)O)C(C)(C)C)CC3)c2C)c(C)c1Br. The Kier molecular flexibility index (Phi) is 8.78. The highest BCUT2D eigenvalue weighted by atomic mass is 79.9. The lowest BCUT2D eigenvalue weighted by Crippen LogP contribution is -2.53. The lowest BCUT2D eigenvalue weighted by Gasteiger charge is -2.44. The van der Waals surface area contributed by atoms with E-state index >= 15 is 0 Å². The van der Waals surface area contributed by atoms with Crippen molar-refractivity contribution in [2.75, 3.05) is 11.9 Å². The normalized spacial score (nSPS) is 17.8. The van der Waals surface area contributed by atoms with Gasteiger partial charge in [0.1, 0.15) is 0 Å². The van der Waals surface area contributed by atoms with Crippen LogP contribution >= 0.6 is 15.9 Å². The van der Waals surface area contributed by atoms with Gasteiger partial charge in [-0.15, -0.1) is 0 Å². The number of halogens is 1. The standard InChI is InChI=1S/C28H39BrN4O4/c1-16-21(25(34)30-15-22-17(2)24(29)18(3)31-26(22)35)9-8-10-23(16)32(7)19-11-13-20(14-12-19)33(27(36)37)28(4,5)6/h8-10,19-20H,11-15H2,1-7H3,(H,30,34)(H,31,35)(H,36,37)/t19-,20-. The minimum absolute atomic E-state index is 0.00813. The molecule has 9 heteroatoms. The highest BCUT2D eigenvalue weighted by molar-refractivity contribution is 9.10. The summed E-state index contributed by atoms with van der Waals surface area (Å²) in [6, 6.07) is 5.97. The van der Waals surface area contributed by atoms with Crippen molar-refractivity contribution in [3.8, 4) is 0 Å². The van der Waals surface area contributed by atoms with Crippen molar-refractivity contribution >= 4 is 33.6 Å². The van der Waals surface area contributed by atoms with Crippen LogP contribution in [0.5, 0.6) is 0 Å². The summed E-state index contributed by atoms with van der Waals surface area (Å²) in [7, 11) is 2.04. The first-order valence-electron chi connectivity index (χ1n) is 12.7. The molecule has 1 aromatic heterocycles. The molecule has 202 valence electrons. The highest BCUT2D eigenvalue weighted by Gasteiger charge is 2.36. The van der Waals surface area contributed by atoms with E-state index in [0.717, 1.165) is 52.7 Å². The molecule has 1 aromatic carbocycles. The van der Waals surface area contributed by atoms with E-state index in [4.69, 9.17) is 0 Å². The first-order valence-corrected chi connectivity index (χ1v) is 13.5. The predicted octanol–water partition coefficient (Wildman–Crippen LogP) is 5.52. The maximum atomic E-state index is 13.1. The van der Waals surface area contributed by atoms with Crippen molar-refractivity contribution in [2.45, 2.75) is 91.4 Å². The number of nitrogens with zero attached hydrogens (tertiary/aromatic N) is 2. The van der Waals surface area contributed by atoms with Crippen LogP contribution in [-0.2, 0) is 6.54 Å². The zero-order chi connectivity index (χ0) is 27.7. The Bertz CT molecular complexity index is 1230. The van der Waals surface area contributed by atoms with Gasteiger partial charge in [0.15, 0.2) is 0 Å². The third-order valence-corrected chi connectivity index (χ3v) is 8.74. The van der Waals surface area contributed by atoms with Crippen LogP contribution in [0.4, 0.5) is 10.5 Å². The number of aromatic nitrogens is 1. The van der Waals surface area contributed by atoms with Crippen LogP contribution in [0.1, 0.15) is 79.2 Å². The van der Waals surface area contributed by atoms with E-state index in [1.807, 2.05) is 60.7 Å². The fraction of sp³-hybridized carbons (Fsp3) is 0.536. The van der Waals surface area contributed by atoms with E-state index in [1.54, 1.807) is 11.0 Å². The Balaban J connectivity index is 1.72. The van der Waals surface area contributed by atoms with Gasteiger partial charge >= 0.3 is 6.09 Å². The van der Waals surface area contributed by atoms with Crippen molar-refractivity contribution in [3.63, 3.8) is 0 Å². The number of hydrogen-bond donors (Lipinski definition) is 3. The Morgan fingerprint density at radius 1 is 1.08 bits per heavy atom. The predicted molar refractivity (Wildman–Crippen MR) is 151 cm³/mol. The van der Waals surface area contributed by atoms with E-state index in [1.165, 1.54) is 0 Å². The number of aromatic amines is 1. The van der Waals surface area contributed by atoms with Crippen LogP contribution in [0, 0.1) is 20.8 Å². The number of carboxylic acid groups (broad SMARTS) is 1. The van der Waals surface area contributed by atoms with Crippen molar-refractivity contribution in [3.05, 3.63) is 61.0 Å². The maximum absolute atomic E-state index is 13.1. The quantitative estimate of drug-likeness (QED) is 0.421. The summed E-state index contributed by atoms with van der Waals surface area (Å²) in [6.07, 6.45) is 2.49. The molecule has 1 aliphatic carbocycles. The number of carbonyl (C=O) groups is 2. The van der Waals surface area contributed by atoms with E-state index in [9.17, 15) is 19.5 Å². The van der Waals surface area contributed by atoms with Crippen molar-refractivity contribution in [2.24, 2.45) is 0 Å². The lowest BCUT2D eigenvalue weighted by atomic mass is 9.87. The van der Waals surface area contributed by atoms with Crippen LogP contribution in [-0.4, -0.2) is 51.7 Å². The first-order chi connectivity index (χ1) is 17.2. The Morgan fingerprint density at radius 3 is 2.24 bits per heavy atom. The van der Waals surface area contributed by atoms with Gasteiger partial charge in [-0.25, -0.2) is 4.79 Å². The van der Waals surface area contributed by atoms with Gasteiger partial charge < -0.3 is 25.2 Å².